The Labute approximate surface area is 201 Å². The molecule has 1 N–H and O–H groups in total. The monoisotopic (exact) mass is 476 g/mol. The average Bonchev–Trinajstić information content (AvgIpc) is 3.44. The summed E-state index contributed by atoms with van der Waals surface area (Å²) in [6, 6.07) is 18.2. The number of hydrogen-bond donors (Lipinski definition) is 1. The maximum absolute atomic E-state index is 13.0. The average molecular weight is 477 g/mol. The summed E-state index contributed by atoms with van der Waals surface area (Å²) in [5.41, 5.74) is 0.904. The number of carbonyl (C=O) groups is 2. The topological polar surface area (TPSA) is 86.8 Å². The molecule has 3 aromatic rings. The van der Waals surface area contributed by atoms with Crippen LogP contribution in [0.1, 0.15) is 11.6 Å². The van der Waals surface area contributed by atoms with Crippen LogP contribution in [-0.4, -0.2) is 42.8 Å². The first kappa shape index (κ1) is 22.1. The van der Waals surface area contributed by atoms with Crippen LogP contribution in [0.4, 0.5) is 5.69 Å². The maximum atomic E-state index is 13.0. The standard InChI is InChI=1S/C26H21ClN2O5/c1-32-24(30)20-19-12-13-26(34-19,21(20)25(31)33-2)22(28-16-9-4-3-5-10-16)17-14-15-8-6-7-11-18(15)29-23(17)27/h3-14,19,22,28H,1-2H3. The van der Waals surface area contributed by atoms with Crippen molar-refractivity contribution in [3.05, 3.63) is 94.7 Å². The fourth-order valence-electron chi connectivity index (χ4n) is 4.61. The van der Waals surface area contributed by atoms with Crippen LogP contribution in [0.2, 0.25) is 5.15 Å². The summed E-state index contributed by atoms with van der Waals surface area (Å²) in [5, 5.41) is 4.57. The SMILES string of the molecule is COC(=O)C1=C(C(=O)OC)C2(C(Nc3ccccc3)c3cc4ccccc4nc3Cl)C=CC1O2. The molecule has 0 radical (unpaired) electrons. The van der Waals surface area contributed by atoms with E-state index >= 15 is 0 Å². The highest BCUT2D eigenvalue weighted by Gasteiger charge is 2.59. The van der Waals surface area contributed by atoms with Gasteiger partial charge in [-0.2, -0.15) is 0 Å². The molecule has 3 unspecified atom stereocenters. The van der Waals surface area contributed by atoms with Crippen LogP contribution in [0.15, 0.2) is 84.0 Å². The molecule has 172 valence electrons. The zero-order valence-corrected chi connectivity index (χ0v) is 19.2. The lowest BCUT2D eigenvalue weighted by atomic mass is 9.78. The number of aromatic nitrogens is 1. The molecular weight excluding hydrogens is 456 g/mol. The van der Waals surface area contributed by atoms with Gasteiger partial charge < -0.3 is 19.5 Å². The molecule has 0 amide bonds. The highest BCUT2D eigenvalue weighted by Crippen LogP contribution is 2.52. The van der Waals surface area contributed by atoms with Crippen molar-refractivity contribution >= 4 is 40.1 Å². The second-order valence-corrected chi connectivity index (χ2v) is 8.33. The molecular formula is C26H21ClN2O5. The molecule has 0 saturated carbocycles. The maximum Gasteiger partial charge on any atom is 0.337 e. The van der Waals surface area contributed by atoms with E-state index in [0.29, 0.717) is 5.56 Å². The number of hydrogen-bond acceptors (Lipinski definition) is 7. The van der Waals surface area contributed by atoms with E-state index in [1.54, 1.807) is 12.2 Å². The van der Waals surface area contributed by atoms with E-state index in [9.17, 15) is 9.59 Å². The van der Waals surface area contributed by atoms with Crippen molar-refractivity contribution in [1.29, 1.82) is 0 Å². The van der Waals surface area contributed by atoms with Crippen molar-refractivity contribution in [3.8, 4) is 0 Å². The number of rotatable bonds is 6. The van der Waals surface area contributed by atoms with Gasteiger partial charge in [0.05, 0.1) is 36.9 Å². The molecule has 8 heteroatoms. The molecule has 2 aromatic carbocycles. The zero-order valence-electron chi connectivity index (χ0n) is 18.4. The molecule has 1 aromatic heterocycles. The van der Waals surface area contributed by atoms with Gasteiger partial charge in [0.1, 0.15) is 16.9 Å². The van der Waals surface area contributed by atoms with E-state index < -0.39 is 29.7 Å². The number of nitrogens with one attached hydrogen (secondary N) is 1. The lowest BCUT2D eigenvalue weighted by Gasteiger charge is -2.36. The molecule has 2 aliphatic rings. The normalized spacial score (nSPS) is 21.6. The number of esters is 2. The first-order chi connectivity index (χ1) is 16.5. The first-order valence-corrected chi connectivity index (χ1v) is 11.0. The summed E-state index contributed by atoms with van der Waals surface area (Å²) in [5.74, 6) is -1.34. The summed E-state index contributed by atoms with van der Waals surface area (Å²) < 4.78 is 16.4. The first-order valence-electron chi connectivity index (χ1n) is 10.6. The fourth-order valence-corrected chi connectivity index (χ4v) is 4.86. The number of para-hydroxylation sites is 2. The number of anilines is 1. The van der Waals surface area contributed by atoms with Crippen molar-refractivity contribution in [3.63, 3.8) is 0 Å². The van der Waals surface area contributed by atoms with E-state index in [4.69, 9.17) is 25.8 Å². The number of carbonyl (C=O) groups excluding carboxylic acids is 2. The molecule has 0 aliphatic carbocycles. The van der Waals surface area contributed by atoms with Gasteiger partial charge >= 0.3 is 11.9 Å². The van der Waals surface area contributed by atoms with E-state index in [1.807, 2.05) is 60.7 Å². The Morgan fingerprint density at radius 1 is 1.06 bits per heavy atom. The molecule has 3 heterocycles. The second-order valence-electron chi connectivity index (χ2n) is 7.97. The Morgan fingerprint density at radius 2 is 1.76 bits per heavy atom. The van der Waals surface area contributed by atoms with Crippen molar-refractivity contribution in [2.24, 2.45) is 0 Å². The minimum Gasteiger partial charge on any atom is -0.466 e. The van der Waals surface area contributed by atoms with Gasteiger partial charge in [-0.05, 0) is 30.3 Å². The quantitative estimate of drug-likeness (QED) is 0.320. The number of nitrogens with zero attached hydrogens (tertiary/aromatic N) is 1. The van der Waals surface area contributed by atoms with Crippen LogP contribution >= 0.6 is 11.6 Å². The number of methoxy groups -OCH3 is 2. The van der Waals surface area contributed by atoms with Crippen molar-refractivity contribution in [2.75, 3.05) is 19.5 Å². The largest absolute Gasteiger partial charge is 0.466 e. The van der Waals surface area contributed by atoms with E-state index in [1.165, 1.54) is 14.2 Å². The molecule has 7 nitrogen and oxygen atoms in total. The highest BCUT2D eigenvalue weighted by molar-refractivity contribution is 6.30. The van der Waals surface area contributed by atoms with Crippen LogP contribution < -0.4 is 5.32 Å². The van der Waals surface area contributed by atoms with Crippen LogP contribution in [0.5, 0.6) is 0 Å². The van der Waals surface area contributed by atoms with Gasteiger partial charge in [-0.3, -0.25) is 0 Å². The highest BCUT2D eigenvalue weighted by atomic mass is 35.5. The molecule has 2 bridgehead atoms. The number of pyridine rings is 1. The van der Waals surface area contributed by atoms with Crippen molar-refractivity contribution in [2.45, 2.75) is 17.7 Å². The van der Waals surface area contributed by atoms with Gasteiger partial charge in [0.25, 0.3) is 0 Å². The lowest BCUT2D eigenvalue weighted by Crippen LogP contribution is -2.42. The minimum atomic E-state index is -1.38. The van der Waals surface area contributed by atoms with Crippen LogP contribution in [0.25, 0.3) is 10.9 Å². The van der Waals surface area contributed by atoms with E-state index in [0.717, 1.165) is 16.6 Å². The van der Waals surface area contributed by atoms with Gasteiger partial charge in [0.15, 0.2) is 0 Å². The van der Waals surface area contributed by atoms with Gasteiger partial charge in [0, 0.05) is 16.6 Å². The summed E-state index contributed by atoms with van der Waals surface area (Å²) in [7, 11) is 2.52. The van der Waals surface area contributed by atoms with Gasteiger partial charge in [-0.25, -0.2) is 14.6 Å². The van der Waals surface area contributed by atoms with Crippen molar-refractivity contribution in [1.82, 2.24) is 4.98 Å². The summed E-state index contributed by atoms with van der Waals surface area (Å²) in [6.07, 6.45) is 2.75. The molecule has 0 spiro atoms. The number of ether oxygens (including phenoxy) is 3. The summed E-state index contributed by atoms with van der Waals surface area (Å²) >= 11 is 6.71. The third kappa shape index (κ3) is 3.45. The number of fused-ring (bicyclic) bond motifs is 3. The minimum absolute atomic E-state index is 0.0759. The van der Waals surface area contributed by atoms with Crippen LogP contribution in [0, 0.1) is 0 Å². The molecule has 3 atom stereocenters. The van der Waals surface area contributed by atoms with Gasteiger partial charge in [0.2, 0.25) is 0 Å². The Morgan fingerprint density at radius 3 is 2.50 bits per heavy atom. The Hall–Kier alpha value is -3.68. The molecule has 0 saturated heterocycles. The fraction of sp³-hybridized carbons (Fsp3) is 0.192. The lowest BCUT2D eigenvalue weighted by molar-refractivity contribution is -0.139. The summed E-state index contributed by atoms with van der Waals surface area (Å²) in [6.45, 7) is 0. The predicted molar refractivity (Wildman–Crippen MR) is 127 cm³/mol. The second kappa shape index (κ2) is 8.59. The molecule has 0 fully saturated rings. The van der Waals surface area contributed by atoms with Crippen LogP contribution in [-0.2, 0) is 23.8 Å². The predicted octanol–water partition coefficient (Wildman–Crippen LogP) is 4.39. The molecule has 5 rings (SSSR count). The molecule has 2 aliphatic heterocycles. The Bertz CT molecular complexity index is 1350. The van der Waals surface area contributed by atoms with Crippen LogP contribution in [0.3, 0.4) is 0 Å². The smallest absolute Gasteiger partial charge is 0.337 e. The van der Waals surface area contributed by atoms with E-state index in [2.05, 4.69) is 10.3 Å². The van der Waals surface area contributed by atoms with Crippen molar-refractivity contribution < 1.29 is 23.8 Å². The third-order valence-corrected chi connectivity index (χ3v) is 6.41. The Balaban J connectivity index is 1.75. The number of benzene rings is 2. The van der Waals surface area contributed by atoms with Gasteiger partial charge in [-0.15, -0.1) is 0 Å². The third-order valence-electron chi connectivity index (χ3n) is 6.11. The molecule has 34 heavy (non-hydrogen) atoms. The number of halogens is 1. The van der Waals surface area contributed by atoms with Gasteiger partial charge in [-0.1, -0.05) is 54.1 Å². The van der Waals surface area contributed by atoms with E-state index in [-0.39, 0.29) is 16.3 Å². The summed E-state index contributed by atoms with van der Waals surface area (Å²) in [4.78, 5) is 30.3. The Kier molecular flexibility index (Phi) is 5.59. The zero-order chi connectivity index (χ0) is 23.9.